The Bertz CT molecular complexity index is 800. The van der Waals surface area contributed by atoms with Gasteiger partial charge >= 0.3 is 5.63 Å². The van der Waals surface area contributed by atoms with Crippen molar-refractivity contribution < 1.29 is 9.15 Å². The van der Waals surface area contributed by atoms with Gasteiger partial charge in [-0.05, 0) is 68.4 Å². The molecule has 1 aliphatic heterocycles. The van der Waals surface area contributed by atoms with Crippen LogP contribution >= 0.6 is 0 Å². The van der Waals surface area contributed by atoms with Gasteiger partial charge in [0.2, 0.25) is 0 Å². The normalized spacial score (nSPS) is 24.9. The van der Waals surface area contributed by atoms with E-state index in [1.807, 2.05) is 0 Å². The Hall–Kier alpha value is -1.65. The van der Waals surface area contributed by atoms with E-state index in [0.717, 1.165) is 49.0 Å². The second-order valence-electron chi connectivity index (χ2n) is 7.37. The van der Waals surface area contributed by atoms with Gasteiger partial charge in [0.25, 0.3) is 0 Å². The molecule has 1 aromatic heterocycles. The van der Waals surface area contributed by atoms with Gasteiger partial charge in [-0.25, -0.2) is 4.79 Å². The first kappa shape index (κ1) is 15.9. The molecule has 4 nitrogen and oxygen atoms in total. The van der Waals surface area contributed by atoms with E-state index in [9.17, 15) is 4.79 Å². The van der Waals surface area contributed by atoms with Gasteiger partial charge in [0.1, 0.15) is 5.58 Å². The lowest BCUT2D eigenvalue weighted by molar-refractivity contribution is -0.0704. The fourth-order valence-corrected chi connectivity index (χ4v) is 4.24. The van der Waals surface area contributed by atoms with Crippen molar-refractivity contribution >= 4 is 11.0 Å². The quantitative estimate of drug-likeness (QED) is 0.794. The minimum atomic E-state index is -0.248. The molecule has 128 valence electrons. The molecule has 1 fully saturated rings. The lowest BCUT2D eigenvalue weighted by Gasteiger charge is -2.35. The van der Waals surface area contributed by atoms with E-state index in [2.05, 4.69) is 30.9 Å². The molecule has 0 radical (unpaired) electrons. The van der Waals surface area contributed by atoms with Crippen LogP contribution in [0.1, 0.15) is 43.4 Å². The SMILES string of the molecule is C[C@H]1CN(Cc2cc(=O)oc3cc4c(cc23)CCCC4)C[C@H](C)O1. The van der Waals surface area contributed by atoms with Crippen molar-refractivity contribution in [3.05, 3.63) is 45.3 Å². The molecule has 1 aliphatic carbocycles. The minimum Gasteiger partial charge on any atom is -0.423 e. The predicted molar refractivity (Wildman–Crippen MR) is 94.4 cm³/mol. The molecule has 2 aliphatic rings. The number of benzene rings is 1. The summed E-state index contributed by atoms with van der Waals surface area (Å²) in [5, 5.41) is 1.10. The van der Waals surface area contributed by atoms with Crippen molar-refractivity contribution in [1.29, 1.82) is 0 Å². The van der Waals surface area contributed by atoms with Crippen molar-refractivity contribution in [3.8, 4) is 0 Å². The maximum atomic E-state index is 12.0. The van der Waals surface area contributed by atoms with E-state index < -0.39 is 0 Å². The number of fused-ring (bicyclic) bond motifs is 2. The standard InChI is InChI=1S/C20H25NO3/c1-13-10-21(11-14(2)23-13)12-17-9-20(22)24-19-8-16-6-4-3-5-15(16)7-18(17)19/h7-9,13-14H,3-6,10-12H2,1-2H3/t13-,14-/m0/s1. The number of ether oxygens (including phenoxy) is 1. The average Bonchev–Trinajstić information content (AvgIpc) is 2.52. The van der Waals surface area contributed by atoms with Gasteiger partial charge in [-0.1, -0.05) is 0 Å². The molecule has 0 spiro atoms. The summed E-state index contributed by atoms with van der Waals surface area (Å²) < 4.78 is 11.3. The van der Waals surface area contributed by atoms with Crippen LogP contribution in [-0.4, -0.2) is 30.2 Å². The first-order chi connectivity index (χ1) is 11.6. The fourth-order valence-electron chi connectivity index (χ4n) is 4.24. The number of rotatable bonds is 2. The molecule has 2 aromatic rings. The van der Waals surface area contributed by atoms with Crippen LogP contribution in [0.4, 0.5) is 0 Å². The topological polar surface area (TPSA) is 42.7 Å². The lowest BCUT2D eigenvalue weighted by atomic mass is 9.90. The Kier molecular flexibility index (Phi) is 4.19. The third kappa shape index (κ3) is 3.13. The largest absolute Gasteiger partial charge is 0.423 e. The third-order valence-corrected chi connectivity index (χ3v) is 5.18. The summed E-state index contributed by atoms with van der Waals surface area (Å²) in [5.41, 5.74) is 4.35. The number of nitrogens with zero attached hydrogens (tertiary/aromatic N) is 1. The van der Waals surface area contributed by atoms with Crippen LogP contribution in [0.2, 0.25) is 0 Å². The van der Waals surface area contributed by atoms with Crippen molar-refractivity contribution in [2.75, 3.05) is 13.1 Å². The molecule has 0 bridgehead atoms. The van der Waals surface area contributed by atoms with Gasteiger partial charge in [-0.15, -0.1) is 0 Å². The van der Waals surface area contributed by atoms with E-state index in [4.69, 9.17) is 9.15 Å². The highest BCUT2D eigenvalue weighted by molar-refractivity contribution is 5.82. The van der Waals surface area contributed by atoms with E-state index in [0.29, 0.717) is 0 Å². The zero-order valence-corrected chi connectivity index (χ0v) is 14.5. The molecule has 1 aromatic carbocycles. The Morgan fingerprint density at radius 3 is 2.42 bits per heavy atom. The van der Waals surface area contributed by atoms with Crippen molar-refractivity contribution in [1.82, 2.24) is 4.90 Å². The van der Waals surface area contributed by atoms with Crippen LogP contribution in [-0.2, 0) is 24.1 Å². The van der Waals surface area contributed by atoms with Crippen molar-refractivity contribution in [2.24, 2.45) is 0 Å². The summed E-state index contributed by atoms with van der Waals surface area (Å²) in [4.78, 5) is 14.4. The average molecular weight is 327 g/mol. The van der Waals surface area contributed by atoms with Crippen LogP contribution in [0.25, 0.3) is 11.0 Å². The van der Waals surface area contributed by atoms with Crippen molar-refractivity contribution in [2.45, 2.75) is 58.3 Å². The molecule has 2 heterocycles. The molecule has 2 atom stereocenters. The fraction of sp³-hybridized carbons (Fsp3) is 0.550. The zero-order chi connectivity index (χ0) is 16.7. The van der Waals surface area contributed by atoms with Crippen LogP contribution in [0.5, 0.6) is 0 Å². The van der Waals surface area contributed by atoms with Crippen molar-refractivity contribution in [3.63, 3.8) is 0 Å². The maximum Gasteiger partial charge on any atom is 0.336 e. The third-order valence-electron chi connectivity index (χ3n) is 5.18. The highest BCUT2D eigenvalue weighted by Crippen LogP contribution is 2.28. The summed E-state index contributed by atoms with van der Waals surface area (Å²) in [7, 11) is 0. The van der Waals surface area contributed by atoms with Gasteiger partial charge in [-0.3, -0.25) is 4.90 Å². The van der Waals surface area contributed by atoms with Crippen LogP contribution in [0.3, 0.4) is 0 Å². The predicted octanol–water partition coefficient (Wildman–Crippen LogP) is 3.28. The molecule has 0 unspecified atom stereocenters. The molecule has 0 amide bonds. The van der Waals surface area contributed by atoms with Crippen LogP contribution in [0.15, 0.2) is 27.4 Å². The van der Waals surface area contributed by atoms with Gasteiger partial charge in [-0.2, -0.15) is 0 Å². The van der Waals surface area contributed by atoms with Crippen LogP contribution in [0, 0.1) is 0 Å². The van der Waals surface area contributed by atoms with E-state index in [1.165, 1.54) is 24.0 Å². The van der Waals surface area contributed by atoms with Gasteiger partial charge in [0.05, 0.1) is 12.2 Å². The second-order valence-corrected chi connectivity index (χ2v) is 7.37. The minimum absolute atomic E-state index is 0.230. The lowest BCUT2D eigenvalue weighted by Crippen LogP contribution is -2.44. The summed E-state index contributed by atoms with van der Waals surface area (Å²) >= 11 is 0. The summed E-state index contributed by atoms with van der Waals surface area (Å²) in [6.45, 7) is 6.79. The van der Waals surface area contributed by atoms with E-state index in [1.54, 1.807) is 6.07 Å². The summed E-state index contributed by atoms with van der Waals surface area (Å²) in [6, 6.07) is 6.02. The molecule has 4 rings (SSSR count). The number of hydrogen-bond acceptors (Lipinski definition) is 4. The summed E-state index contributed by atoms with van der Waals surface area (Å²) in [5.74, 6) is 0. The molecular weight excluding hydrogens is 302 g/mol. The molecule has 4 heteroatoms. The molecule has 24 heavy (non-hydrogen) atoms. The second kappa shape index (κ2) is 6.34. The molecule has 0 N–H and O–H groups in total. The Balaban J connectivity index is 1.72. The number of aryl methyl sites for hydroxylation is 2. The zero-order valence-electron chi connectivity index (χ0n) is 14.5. The van der Waals surface area contributed by atoms with Gasteiger partial charge in [0, 0.05) is 31.1 Å². The Morgan fingerprint density at radius 2 is 1.71 bits per heavy atom. The smallest absolute Gasteiger partial charge is 0.336 e. The van der Waals surface area contributed by atoms with Gasteiger partial charge < -0.3 is 9.15 Å². The first-order valence-corrected chi connectivity index (χ1v) is 9.05. The van der Waals surface area contributed by atoms with E-state index in [-0.39, 0.29) is 17.8 Å². The maximum absolute atomic E-state index is 12.0. The Labute approximate surface area is 142 Å². The van der Waals surface area contributed by atoms with Gasteiger partial charge in [0.15, 0.2) is 0 Å². The molecule has 0 saturated carbocycles. The first-order valence-electron chi connectivity index (χ1n) is 9.05. The monoisotopic (exact) mass is 327 g/mol. The van der Waals surface area contributed by atoms with E-state index >= 15 is 0 Å². The molecule has 1 saturated heterocycles. The number of morpholine rings is 1. The number of hydrogen-bond donors (Lipinski definition) is 0. The highest BCUT2D eigenvalue weighted by Gasteiger charge is 2.23. The highest BCUT2D eigenvalue weighted by atomic mass is 16.5. The molecular formula is C20H25NO3. The Morgan fingerprint density at radius 1 is 1.04 bits per heavy atom. The summed E-state index contributed by atoms with van der Waals surface area (Å²) in [6.07, 6.45) is 5.17. The van der Waals surface area contributed by atoms with Crippen LogP contribution < -0.4 is 5.63 Å².